The lowest BCUT2D eigenvalue weighted by Gasteiger charge is -2.35. The average molecular weight is 512 g/mol. The minimum atomic E-state index is -0.746. The maximum absolute atomic E-state index is 13.3. The van der Waals surface area contributed by atoms with Gasteiger partial charge in [0.2, 0.25) is 0 Å². The van der Waals surface area contributed by atoms with Crippen molar-refractivity contribution < 1.29 is 28.6 Å². The first-order valence-electron chi connectivity index (χ1n) is 12.1. The average Bonchev–Trinajstić information content (AvgIpc) is 3.27. The number of aliphatic hydroxyl groups is 1. The third kappa shape index (κ3) is 6.29. The van der Waals surface area contributed by atoms with Crippen molar-refractivity contribution in [3.8, 4) is 17.1 Å². The summed E-state index contributed by atoms with van der Waals surface area (Å²) in [6.45, 7) is 1.67. The Morgan fingerprint density at radius 2 is 2.19 bits per heavy atom. The first kappa shape index (κ1) is 26.2. The molecule has 2 N–H and O–H groups in total. The molecular weight excluding hydrogens is 481 g/mol. The number of halogens is 1. The monoisotopic (exact) mass is 511 g/mol. The van der Waals surface area contributed by atoms with Crippen LogP contribution >= 0.6 is 0 Å². The molecule has 2 atom stereocenters. The Kier molecular flexibility index (Phi) is 8.12. The van der Waals surface area contributed by atoms with E-state index < -0.39 is 17.3 Å². The molecule has 4 rings (SSSR count). The number of carbonyl (C=O) groups excluding carboxylic acids is 2. The molecule has 1 fully saturated rings. The summed E-state index contributed by atoms with van der Waals surface area (Å²) in [5, 5.41) is 20.6. The Balaban J connectivity index is 1.40. The number of ether oxygens (including phenoxy) is 2. The predicted octanol–water partition coefficient (Wildman–Crippen LogP) is 3.25. The Labute approximate surface area is 213 Å². The second-order valence-electron chi connectivity index (χ2n) is 9.32. The number of aliphatic hydroxyl groups excluding tert-OH is 1. The van der Waals surface area contributed by atoms with E-state index in [2.05, 4.69) is 20.6 Å². The lowest BCUT2D eigenvalue weighted by atomic mass is 9.74. The van der Waals surface area contributed by atoms with E-state index in [9.17, 15) is 19.1 Å². The summed E-state index contributed by atoms with van der Waals surface area (Å²) in [4.78, 5) is 28.3. The fraction of sp³-hybridized carbons (Fsp3) is 0.423. The van der Waals surface area contributed by atoms with Crippen LogP contribution in [-0.2, 0) is 29.7 Å². The van der Waals surface area contributed by atoms with Gasteiger partial charge in [0.05, 0.1) is 41.8 Å². The fourth-order valence-corrected chi connectivity index (χ4v) is 4.47. The van der Waals surface area contributed by atoms with Crippen LogP contribution in [0, 0.1) is 18.2 Å². The molecule has 1 amide bonds. The van der Waals surface area contributed by atoms with E-state index >= 15 is 0 Å². The van der Waals surface area contributed by atoms with Crippen LogP contribution in [0.1, 0.15) is 42.6 Å². The summed E-state index contributed by atoms with van der Waals surface area (Å²) >= 11 is 0. The van der Waals surface area contributed by atoms with Gasteiger partial charge in [-0.2, -0.15) is 0 Å². The number of amides is 1. The van der Waals surface area contributed by atoms with Crippen LogP contribution in [0.2, 0.25) is 0 Å². The molecule has 0 saturated heterocycles. The van der Waals surface area contributed by atoms with Crippen LogP contribution in [0.15, 0.2) is 36.4 Å². The summed E-state index contributed by atoms with van der Waals surface area (Å²) in [5.41, 5.74) is 2.12. The minimum Gasteiger partial charge on any atom is -0.488 e. The first-order chi connectivity index (χ1) is 17.8. The zero-order valence-electron chi connectivity index (χ0n) is 20.8. The van der Waals surface area contributed by atoms with Gasteiger partial charge >= 0.3 is 6.09 Å². The maximum atomic E-state index is 13.3. The molecule has 37 heavy (non-hydrogen) atoms. The van der Waals surface area contributed by atoms with Gasteiger partial charge in [0.25, 0.3) is 0 Å². The van der Waals surface area contributed by atoms with Gasteiger partial charge in [-0.1, -0.05) is 17.3 Å². The summed E-state index contributed by atoms with van der Waals surface area (Å²) in [6, 6.07) is 9.40. The van der Waals surface area contributed by atoms with Crippen LogP contribution in [0.4, 0.5) is 9.18 Å². The normalized spacial score (nSPS) is 19.3. The summed E-state index contributed by atoms with van der Waals surface area (Å²) in [6.07, 6.45) is 2.71. The molecule has 10 nitrogen and oxygen atoms in total. The second-order valence-corrected chi connectivity index (χ2v) is 9.32. The van der Waals surface area contributed by atoms with Crippen molar-refractivity contribution in [1.29, 1.82) is 0 Å². The third-order valence-electron chi connectivity index (χ3n) is 6.58. The Hall–Kier alpha value is -3.86. The molecule has 1 aromatic carbocycles. The maximum Gasteiger partial charge on any atom is 0.407 e. The molecule has 0 radical (unpaired) electrons. The Morgan fingerprint density at radius 3 is 2.92 bits per heavy atom. The van der Waals surface area contributed by atoms with Crippen molar-refractivity contribution in [3.05, 3.63) is 59.2 Å². The number of hydrogen-bond acceptors (Lipinski definition) is 8. The molecule has 3 aromatic rings. The quantitative estimate of drug-likeness (QED) is 0.419. The van der Waals surface area contributed by atoms with Crippen LogP contribution in [0.25, 0.3) is 11.4 Å². The zero-order chi connectivity index (χ0) is 26.4. The molecule has 1 aliphatic rings. The molecule has 2 heterocycles. The van der Waals surface area contributed by atoms with Crippen molar-refractivity contribution in [3.63, 3.8) is 0 Å². The number of alkyl carbamates (subject to hydrolysis) is 1. The highest BCUT2D eigenvalue weighted by atomic mass is 19.1. The summed E-state index contributed by atoms with van der Waals surface area (Å²) < 4.78 is 26.2. The van der Waals surface area contributed by atoms with Crippen molar-refractivity contribution in [1.82, 2.24) is 25.3 Å². The molecule has 1 unspecified atom stereocenters. The molecule has 1 aliphatic carbocycles. The van der Waals surface area contributed by atoms with E-state index in [0.29, 0.717) is 46.9 Å². The van der Waals surface area contributed by atoms with Crippen molar-refractivity contribution >= 4 is 12.4 Å². The molecule has 196 valence electrons. The minimum absolute atomic E-state index is 0.0600. The van der Waals surface area contributed by atoms with E-state index in [4.69, 9.17) is 9.47 Å². The summed E-state index contributed by atoms with van der Waals surface area (Å²) in [7, 11) is 1.71. The van der Waals surface area contributed by atoms with Gasteiger partial charge in [0.1, 0.15) is 30.2 Å². The first-order valence-corrected chi connectivity index (χ1v) is 12.1. The third-order valence-corrected chi connectivity index (χ3v) is 6.58. The molecule has 0 bridgehead atoms. The van der Waals surface area contributed by atoms with Crippen LogP contribution in [0.5, 0.6) is 5.75 Å². The zero-order valence-corrected chi connectivity index (χ0v) is 20.8. The van der Waals surface area contributed by atoms with Crippen LogP contribution in [0.3, 0.4) is 0 Å². The van der Waals surface area contributed by atoms with Gasteiger partial charge in [-0.05, 0) is 62.4 Å². The number of nitrogens with zero attached hydrogens (tertiary/aromatic N) is 4. The van der Waals surface area contributed by atoms with Crippen molar-refractivity contribution in [2.45, 2.75) is 51.9 Å². The van der Waals surface area contributed by atoms with Crippen molar-refractivity contribution in [2.75, 3.05) is 6.61 Å². The number of rotatable bonds is 9. The summed E-state index contributed by atoms with van der Waals surface area (Å²) in [5.74, 6) is 0.196. The number of carbonyl (C=O) groups is 2. The fourth-order valence-electron chi connectivity index (χ4n) is 4.47. The van der Waals surface area contributed by atoms with Crippen molar-refractivity contribution in [2.24, 2.45) is 12.5 Å². The number of aldehydes is 1. The standard InChI is InChI=1S/C26H30FN5O5/c1-17-23(37-20-7-4-10-26(12-20,15-33)16-34)9-8-21(29-17)24-22(32(2)31-30-24)13-28-25(35)36-14-18-5-3-6-19(27)11-18/h3,5-6,8-9,11,15,20,34H,4,7,10,12-14,16H2,1-2H3,(H,28,35)/t20-,26?/m0/s1. The Morgan fingerprint density at radius 1 is 1.35 bits per heavy atom. The van der Waals surface area contributed by atoms with Crippen LogP contribution < -0.4 is 10.1 Å². The van der Waals surface area contributed by atoms with Gasteiger partial charge in [0.15, 0.2) is 0 Å². The topological polar surface area (TPSA) is 128 Å². The highest BCUT2D eigenvalue weighted by Crippen LogP contribution is 2.36. The predicted molar refractivity (Wildman–Crippen MR) is 131 cm³/mol. The molecule has 0 spiro atoms. The molecule has 1 saturated carbocycles. The second kappa shape index (κ2) is 11.5. The highest BCUT2D eigenvalue weighted by Gasteiger charge is 2.37. The van der Waals surface area contributed by atoms with Gasteiger partial charge in [-0.25, -0.2) is 18.9 Å². The lowest BCUT2D eigenvalue weighted by Crippen LogP contribution is -2.38. The smallest absolute Gasteiger partial charge is 0.407 e. The van der Waals surface area contributed by atoms with Gasteiger partial charge < -0.3 is 24.7 Å². The van der Waals surface area contributed by atoms with E-state index in [1.807, 2.05) is 6.92 Å². The Bertz CT molecular complexity index is 1270. The highest BCUT2D eigenvalue weighted by molar-refractivity contribution is 5.68. The number of aromatic nitrogens is 4. The van der Waals surface area contributed by atoms with E-state index in [1.54, 1.807) is 36.0 Å². The number of aryl methyl sites for hydroxylation is 2. The molecule has 2 aromatic heterocycles. The van der Waals surface area contributed by atoms with E-state index in [0.717, 1.165) is 19.1 Å². The van der Waals surface area contributed by atoms with E-state index in [-0.39, 0.29) is 25.9 Å². The molecule has 11 heteroatoms. The lowest BCUT2D eigenvalue weighted by molar-refractivity contribution is -0.122. The van der Waals surface area contributed by atoms with Gasteiger partial charge in [0, 0.05) is 7.05 Å². The number of benzene rings is 1. The van der Waals surface area contributed by atoms with Gasteiger partial charge in [-0.15, -0.1) is 5.10 Å². The molecular formula is C26H30FN5O5. The molecule has 0 aliphatic heterocycles. The number of hydrogen-bond donors (Lipinski definition) is 2. The number of nitrogens with one attached hydrogen (secondary N) is 1. The SMILES string of the molecule is Cc1nc(-c2nnn(C)c2CNC(=O)OCc2cccc(F)c2)ccc1O[C@H]1CCCC(C=O)(CO)C1. The van der Waals surface area contributed by atoms with Gasteiger partial charge in [-0.3, -0.25) is 0 Å². The number of pyridine rings is 1. The van der Waals surface area contributed by atoms with E-state index in [1.165, 1.54) is 12.1 Å². The van der Waals surface area contributed by atoms with Crippen LogP contribution in [-0.4, -0.2) is 50.2 Å². The largest absolute Gasteiger partial charge is 0.488 e.